The van der Waals surface area contributed by atoms with Crippen molar-refractivity contribution < 1.29 is 9.84 Å². The van der Waals surface area contributed by atoms with Gasteiger partial charge >= 0.3 is 0 Å². The molecule has 0 spiro atoms. The lowest BCUT2D eigenvalue weighted by atomic mass is 10.2. The van der Waals surface area contributed by atoms with Gasteiger partial charge in [0.15, 0.2) is 0 Å². The Bertz CT molecular complexity index is 310. The molecule has 0 aromatic heterocycles. The Kier molecular flexibility index (Phi) is 3.23. The minimum atomic E-state index is -0.163. The van der Waals surface area contributed by atoms with Crippen LogP contribution in [0.2, 0.25) is 0 Å². The molecule has 0 saturated carbocycles. The highest BCUT2D eigenvalue weighted by Gasteiger charge is 2.19. The highest BCUT2D eigenvalue weighted by molar-refractivity contribution is 5.48. The number of methoxy groups -OCH3 is 1. The van der Waals surface area contributed by atoms with E-state index in [0.29, 0.717) is 6.61 Å². The van der Waals surface area contributed by atoms with Crippen molar-refractivity contribution in [2.24, 2.45) is 0 Å². The Labute approximate surface area is 90.3 Å². The Balaban J connectivity index is 2.03. The van der Waals surface area contributed by atoms with Crippen LogP contribution in [0.5, 0.6) is 0 Å². The standard InChI is InChI=1S/C12H17NO2/c1-15-9-10-2-4-11(5-3-10)13-7-6-12(14)8-13/h2-5,12,14H,6-9H2,1H3/t12-/m0/s1. The van der Waals surface area contributed by atoms with Gasteiger partial charge in [-0.1, -0.05) is 12.1 Å². The summed E-state index contributed by atoms with van der Waals surface area (Å²) in [5.74, 6) is 0. The van der Waals surface area contributed by atoms with Gasteiger partial charge in [0.05, 0.1) is 12.7 Å². The molecule has 1 aliphatic rings. The first-order chi connectivity index (χ1) is 7.29. The number of hydrogen-bond donors (Lipinski definition) is 1. The number of nitrogens with zero attached hydrogens (tertiary/aromatic N) is 1. The van der Waals surface area contributed by atoms with Crippen LogP contribution in [-0.4, -0.2) is 31.4 Å². The van der Waals surface area contributed by atoms with Gasteiger partial charge in [0.25, 0.3) is 0 Å². The van der Waals surface area contributed by atoms with Crippen LogP contribution in [0.15, 0.2) is 24.3 Å². The van der Waals surface area contributed by atoms with E-state index in [4.69, 9.17) is 4.74 Å². The fourth-order valence-corrected chi connectivity index (χ4v) is 1.95. The average molecular weight is 207 g/mol. The second-order valence-corrected chi connectivity index (χ2v) is 3.99. The highest BCUT2D eigenvalue weighted by atomic mass is 16.5. The summed E-state index contributed by atoms with van der Waals surface area (Å²) in [5, 5.41) is 9.44. The SMILES string of the molecule is COCc1ccc(N2CC[C@H](O)C2)cc1. The summed E-state index contributed by atoms with van der Waals surface area (Å²) in [7, 11) is 1.70. The monoisotopic (exact) mass is 207 g/mol. The van der Waals surface area contributed by atoms with Crippen molar-refractivity contribution in [3.8, 4) is 0 Å². The van der Waals surface area contributed by atoms with E-state index in [2.05, 4.69) is 29.2 Å². The molecule has 15 heavy (non-hydrogen) atoms. The molecule has 3 nitrogen and oxygen atoms in total. The van der Waals surface area contributed by atoms with Gasteiger partial charge in [-0.05, 0) is 24.1 Å². The molecule has 1 heterocycles. The topological polar surface area (TPSA) is 32.7 Å². The number of aliphatic hydroxyl groups excluding tert-OH is 1. The van der Waals surface area contributed by atoms with E-state index in [1.165, 1.54) is 11.3 Å². The van der Waals surface area contributed by atoms with Crippen LogP contribution in [0.1, 0.15) is 12.0 Å². The molecular weight excluding hydrogens is 190 g/mol. The highest BCUT2D eigenvalue weighted by Crippen LogP contribution is 2.20. The molecule has 1 fully saturated rings. The third-order valence-electron chi connectivity index (χ3n) is 2.78. The van der Waals surface area contributed by atoms with Gasteiger partial charge < -0.3 is 14.7 Å². The van der Waals surface area contributed by atoms with Gasteiger partial charge in [-0.15, -0.1) is 0 Å². The lowest BCUT2D eigenvalue weighted by Crippen LogP contribution is -2.20. The summed E-state index contributed by atoms with van der Waals surface area (Å²) < 4.78 is 5.06. The van der Waals surface area contributed by atoms with E-state index in [-0.39, 0.29) is 6.10 Å². The molecular formula is C12H17NO2. The van der Waals surface area contributed by atoms with Crippen molar-refractivity contribution in [2.75, 3.05) is 25.1 Å². The average Bonchev–Trinajstić information content (AvgIpc) is 2.67. The number of benzene rings is 1. The van der Waals surface area contributed by atoms with Crippen molar-refractivity contribution in [1.29, 1.82) is 0 Å². The number of rotatable bonds is 3. The molecule has 0 bridgehead atoms. The van der Waals surface area contributed by atoms with Gasteiger partial charge in [0, 0.05) is 25.9 Å². The zero-order chi connectivity index (χ0) is 10.7. The van der Waals surface area contributed by atoms with Gasteiger partial charge in [0.2, 0.25) is 0 Å². The first-order valence-electron chi connectivity index (χ1n) is 5.30. The molecule has 0 unspecified atom stereocenters. The minimum absolute atomic E-state index is 0.163. The Hall–Kier alpha value is -1.06. The van der Waals surface area contributed by atoms with E-state index < -0.39 is 0 Å². The predicted octanol–water partition coefficient (Wildman–Crippen LogP) is 1.40. The largest absolute Gasteiger partial charge is 0.391 e. The maximum absolute atomic E-state index is 9.44. The Morgan fingerprint density at radius 1 is 1.40 bits per heavy atom. The minimum Gasteiger partial charge on any atom is -0.391 e. The fraction of sp³-hybridized carbons (Fsp3) is 0.500. The van der Waals surface area contributed by atoms with Gasteiger partial charge in [0.1, 0.15) is 0 Å². The van der Waals surface area contributed by atoms with Crippen molar-refractivity contribution in [3.63, 3.8) is 0 Å². The third kappa shape index (κ3) is 2.49. The summed E-state index contributed by atoms with van der Waals surface area (Å²) in [6.45, 7) is 2.36. The van der Waals surface area contributed by atoms with Crippen LogP contribution in [0, 0.1) is 0 Å². The molecule has 2 rings (SSSR count). The predicted molar refractivity (Wildman–Crippen MR) is 60.0 cm³/mol. The van der Waals surface area contributed by atoms with Crippen LogP contribution in [-0.2, 0) is 11.3 Å². The summed E-state index contributed by atoms with van der Waals surface area (Å²) in [6, 6.07) is 8.33. The summed E-state index contributed by atoms with van der Waals surface area (Å²) in [4.78, 5) is 2.21. The lowest BCUT2D eigenvalue weighted by molar-refractivity contribution is 0.185. The van der Waals surface area contributed by atoms with Crippen LogP contribution in [0.25, 0.3) is 0 Å². The van der Waals surface area contributed by atoms with Crippen molar-refractivity contribution >= 4 is 5.69 Å². The molecule has 0 amide bonds. The van der Waals surface area contributed by atoms with E-state index in [1.54, 1.807) is 7.11 Å². The van der Waals surface area contributed by atoms with E-state index in [1.807, 2.05) is 0 Å². The normalized spacial score (nSPS) is 20.9. The molecule has 1 aromatic carbocycles. The molecule has 1 saturated heterocycles. The summed E-state index contributed by atoms with van der Waals surface area (Å²) in [6.07, 6.45) is 0.712. The smallest absolute Gasteiger partial charge is 0.0731 e. The zero-order valence-corrected chi connectivity index (χ0v) is 9.02. The quantitative estimate of drug-likeness (QED) is 0.813. The van der Waals surface area contributed by atoms with Gasteiger partial charge in [-0.2, -0.15) is 0 Å². The van der Waals surface area contributed by atoms with Crippen molar-refractivity contribution in [1.82, 2.24) is 0 Å². The molecule has 1 atom stereocenters. The van der Waals surface area contributed by atoms with Crippen molar-refractivity contribution in [3.05, 3.63) is 29.8 Å². The number of aliphatic hydroxyl groups is 1. The second-order valence-electron chi connectivity index (χ2n) is 3.99. The Morgan fingerprint density at radius 2 is 2.13 bits per heavy atom. The zero-order valence-electron chi connectivity index (χ0n) is 9.02. The molecule has 1 aliphatic heterocycles. The summed E-state index contributed by atoms with van der Waals surface area (Å²) in [5.41, 5.74) is 2.37. The summed E-state index contributed by atoms with van der Waals surface area (Å²) >= 11 is 0. The molecule has 82 valence electrons. The van der Waals surface area contributed by atoms with E-state index >= 15 is 0 Å². The molecule has 3 heteroatoms. The molecule has 0 aliphatic carbocycles. The van der Waals surface area contributed by atoms with Crippen LogP contribution >= 0.6 is 0 Å². The van der Waals surface area contributed by atoms with E-state index in [0.717, 1.165) is 19.5 Å². The number of ether oxygens (including phenoxy) is 1. The van der Waals surface area contributed by atoms with Gasteiger partial charge in [-0.3, -0.25) is 0 Å². The maximum Gasteiger partial charge on any atom is 0.0731 e. The van der Waals surface area contributed by atoms with E-state index in [9.17, 15) is 5.11 Å². The second kappa shape index (κ2) is 4.64. The molecule has 1 aromatic rings. The molecule has 0 radical (unpaired) electrons. The first-order valence-corrected chi connectivity index (χ1v) is 5.30. The fourth-order valence-electron chi connectivity index (χ4n) is 1.95. The van der Waals surface area contributed by atoms with Crippen LogP contribution in [0.3, 0.4) is 0 Å². The van der Waals surface area contributed by atoms with Gasteiger partial charge in [-0.25, -0.2) is 0 Å². The molecule has 1 N–H and O–H groups in total. The number of anilines is 1. The number of hydrogen-bond acceptors (Lipinski definition) is 3. The first kappa shape index (κ1) is 10.5. The lowest BCUT2D eigenvalue weighted by Gasteiger charge is -2.17. The van der Waals surface area contributed by atoms with Crippen LogP contribution in [0.4, 0.5) is 5.69 Å². The number of β-amino-alcohol motifs (C(OH)–C–C–N with tert-alkyl or cyclic N) is 1. The van der Waals surface area contributed by atoms with Crippen LogP contribution < -0.4 is 4.90 Å². The van der Waals surface area contributed by atoms with Crippen molar-refractivity contribution in [2.45, 2.75) is 19.1 Å². The Morgan fingerprint density at radius 3 is 2.67 bits per heavy atom. The third-order valence-corrected chi connectivity index (χ3v) is 2.78. The maximum atomic E-state index is 9.44.